The monoisotopic (exact) mass is 310 g/mol. The first-order chi connectivity index (χ1) is 10.1. The van der Waals surface area contributed by atoms with Gasteiger partial charge in [-0.3, -0.25) is 4.72 Å². The highest BCUT2D eigenvalue weighted by Crippen LogP contribution is 2.30. The number of nitrogens with two attached hydrogens (primary N) is 1. The Morgan fingerprint density at radius 2 is 2.29 bits per heavy atom. The summed E-state index contributed by atoms with van der Waals surface area (Å²) >= 11 is 0. The lowest BCUT2D eigenvalue weighted by molar-refractivity contribution is 0.218. The van der Waals surface area contributed by atoms with Crippen molar-refractivity contribution in [3.05, 3.63) is 23.8 Å². The molecule has 1 fully saturated rings. The molecule has 2 aliphatic heterocycles. The summed E-state index contributed by atoms with van der Waals surface area (Å²) in [6.07, 6.45) is 2.27. The van der Waals surface area contributed by atoms with Crippen molar-refractivity contribution in [3.8, 4) is 5.75 Å². The molecule has 1 aromatic rings. The van der Waals surface area contributed by atoms with Crippen LogP contribution in [0.1, 0.15) is 18.4 Å². The number of hydrogen-bond acceptors (Lipinski definition) is 5. The molecule has 0 saturated carbocycles. The van der Waals surface area contributed by atoms with Gasteiger partial charge in [0.05, 0.1) is 17.9 Å². The summed E-state index contributed by atoms with van der Waals surface area (Å²) in [5.41, 5.74) is 6.68. The van der Waals surface area contributed by atoms with Crippen molar-refractivity contribution in [2.45, 2.75) is 12.8 Å². The standard InChI is InChI=1S/C13H18N4O3S/c14-13-12-10(16-21(18,19)17-13)4-1-5-11(12)20-8-9-3-2-6-15-7-9/h1,4-5,9,15-16H,2-3,6-8H2,(H2,14,17). The molecule has 0 aliphatic carbocycles. The fraction of sp³-hybridized carbons (Fsp3) is 0.462. The average molecular weight is 310 g/mol. The van der Waals surface area contributed by atoms with E-state index in [1.165, 1.54) is 0 Å². The minimum Gasteiger partial charge on any atom is -0.492 e. The number of nitrogens with zero attached hydrogens (tertiary/aromatic N) is 1. The molecule has 0 aromatic heterocycles. The highest BCUT2D eigenvalue weighted by atomic mass is 32.2. The third-order valence-electron chi connectivity index (χ3n) is 3.61. The number of ether oxygens (including phenoxy) is 1. The zero-order chi connectivity index (χ0) is 14.9. The second kappa shape index (κ2) is 5.53. The van der Waals surface area contributed by atoms with Crippen molar-refractivity contribution in [1.29, 1.82) is 0 Å². The van der Waals surface area contributed by atoms with E-state index in [2.05, 4.69) is 14.4 Å². The van der Waals surface area contributed by atoms with Crippen LogP contribution in [0.3, 0.4) is 0 Å². The number of fused-ring (bicyclic) bond motifs is 1. The van der Waals surface area contributed by atoms with Gasteiger partial charge in [0.1, 0.15) is 5.75 Å². The van der Waals surface area contributed by atoms with E-state index in [-0.39, 0.29) is 5.84 Å². The van der Waals surface area contributed by atoms with E-state index in [4.69, 9.17) is 10.5 Å². The molecule has 0 amide bonds. The molecule has 1 aromatic carbocycles. The largest absolute Gasteiger partial charge is 0.492 e. The highest BCUT2D eigenvalue weighted by Gasteiger charge is 2.24. The van der Waals surface area contributed by atoms with Crippen molar-refractivity contribution in [3.63, 3.8) is 0 Å². The van der Waals surface area contributed by atoms with Gasteiger partial charge in [0.25, 0.3) is 0 Å². The summed E-state index contributed by atoms with van der Waals surface area (Å²) in [6, 6.07) is 5.15. The molecule has 8 heteroatoms. The second-order valence-corrected chi connectivity index (χ2v) is 6.59. The van der Waals surface area contributed by atoms with Crippen LogP contribution in [0.5, 0.6) is 5.75 Å². The van der Waals surface area contributed by atoms with Gasteiger partial charge in [0, 0.05) is 12.5 Å². The van der Waals surface area contributed by atoms with Crippen molar-refractivity contribution in [1.82, 2.24) is 5.32 Å². The smallest absolute Gasteiger partial charge is 0.344 e. The van der Waals surface area contributed by atoms with E-state index >= 15 is 0 Å². The van der Waals surface area contributed by atoms with E-state index in [0.29, 0.717) is 29.5 Å². The van der Waals surface area contributed by atoms with E-state index in [0.717, 1.165) is 25.9 Å². The number of amidine groups is 1. The molecule has 1 saturated heterocycles. The molecule has 7 nitrogen and oxygen atoms in total. The molecular formula is C13H18N4O3S. The fourth-order valence-corrected chi connectivity index (χ4v) is 3.46. The molecule has 21 heavy (non-hydrogen) atoms. The van der Waals surface area contributed by atoms with Crippen molar-refractivity contribution < 1.29 is 13.2 Å². The Bertz CT molecular complexity index is 666. The summed E-state index contributed by atoms with van der Waals surface area (Å²) < 4.78 is 34.7. The van der Waals surface area contributed by atoms with E-state index < -0.39 is 10.2 Å². The van der Waals surface area contributed by atoms with Crippen molar-refractivity contribution >= 4 is 21.7 Å². The number of piperidine rings is 1. The second-order valence-electron chi connectivity index (χ2n) is 5.26. The number of hydrogen-bond donors (Lipinski definition) is 3. The van der Waals surface area contributed by atoms with E-state index in [1.54, 1.807) is 18.2 Å². The Balaban J connectivity index is 1.81. The van der Waals surface area contributed by atoms with Crippen LogP contribution in [0, 0.1) is 5.92 Å². The molecule has 1 atom stereocenters. The van der Waals surface area contributed by atoms with Gasteiger partial charge in [-0.15, -0.1) is 4.40 Å². The first kappa shape index (κ1) is 14.2. The third-order valence-corrected chi connectivity index (χ3v) is 4.53. The summed E-state index contributed by atoms with van der Waals surface area (Å²) in [5.74, 6) is 0.968. The minimum absolute atomic E-state index is 0.0406. The molecular weight excluding hydrogens is 292 g/mol. The topological polar surface area (TPSA) is 106 Å². The Labute approximate surface area is 123 Å². The van der Waals surface area contributed by atoms with Gasteiger partial charge in [-0.1, -0.05) is 6.07 Å². The quantitative estimate of drug-likeness (QED) is 0.751. The summed E-state index contributed by atoms with van der Waals surface area (Å²) in [5, 5.41) is 3.33. The van der Waals surface area contributed by atoms with Crippen LogP contribution in [0.25, 0.3) is 0 Å². The number of benzene rings is 1. The number of rotatable bonds is 3. The zero-order valence-electron chi connectivity index (χ0n) is 11.5. The van der Waals surface area contributed by atoms with Crippen molar-refractivity contribution in [2.24, 2.45) is 16.0 Å². The van der Waals surface area contributed by atoms with Gasteiger partial charge >= 0.3 is 10.2 Å². The molecule has 2 heterocycles. The molecule has 4 N–H and O–H groups in total. The first-order valence-corrected chi connectivity index (χ1v) is 8.34. The molecule has 3 rings (SSSR count). The predicted molar refractivity (Wildman–Crippen MR) is 80.8 cm³/mol. The fourth-order valence-electron chi connectivity index (χ4n) is 2.61. The summed E-state index contributed by atoms with van der Waals surface area (Å²) in [6.45, 7) is 2.56. The lowest BCUT2D eigenvalue weighted by Crippen LogP contribution is -2.33. The van der Waals surface area contributed by atoms with Gasteiger partial charge in [0.15, 0.2) is 5.84 Å². The van der Waals surface area contributed by atoms with Crippen LogP contribution in [-0.2, 0) is 10.2 Å². The van der Waals surface area contributed by atoms with Gasteiger partial charge in [-0.05, 0) is 31.5 Å². The van der Waals surface area contributed by atoms with Crippen LogP contribution >= 0.6 is 0 Å². The Morgan fingerprint density at radius 3 is 3.05 bits per heavy atom. The van der Waals surface area contributed by atoms with Gasteiger partial charge in [-0.2, -0.15) is 8.42 Å². The van der Waals surface area contributed by atoms with E-state index in [9.17, 15) is 8.42 Å². The number of anilines is 1. The zero-order valence-corrected chi connectivity index (χ0v) is 12.3. The summed E-state index contributed by atoms with van der Waals surface area (Å²) in [7, 11) is -3.75. The van der Waals surface area contributed by atoms with Crippen LogP contribution in [0.4, 0.5) is 5.69 Å². The molecule has 0 bridgehead atoms. The van der Waals surface area contributed by atoms with Crippen molar-refractivity contribution in [2.75, 3.05) is 24.4 Å². The highest BCUT2D eigenvalue weighted by molar-refractivity contribution is 7.91. The maximum absolute atomic E-state index is 11.5. The van der Waals surface area contributed by atoms with Crippen LogP contribution in [0.2, 0.25) is 0 Å². The Morgan fingerprint density at radius 1 is 1.43 bits per heavy atom. The average Bonchev–Trinajstić information content (AvgIpc) is 2.44. The Hall–Kier alpha value is -1.80. The lowest BCUT2D eigenvalue weighted by atomic mass is 10.0. The molecule has 0 spiro atoms. The maximum atomic E-state index is 11.5. The van der Waals surface area contributed by atoms with Crippen LogP contribution in [-0.4, -0.2) is 33.9 Å². The Kier molecular flexibility index (Phi) is 3.73. The first-order valence-electron chi connectivity index (χ1n) is 6.90. The lowest BCUT2D eigenvalue weighted by Gasteiger charge is -2.24. The summed E-state index contributed by atoms with van der Waals surface area (Å²) in [4.78, 5) is 0. The van der Waals surface area contributed by atoms with Gasteiger partial charge < -0.3 is 15.8 Å². The van der Waals surface area contributed by atoms with Gasteiger partial charge in [0.2, 0.25) is 0 Å². The predicted octanol–water partition coefficient (Wildman–Crippen LogP) is 0.441. The molecule has 2 aliphatic rings. The van der Waals surface area contributed by atoms with Crippen LogP contribution in [0.15, 0.2) is 22.6 Å². The maximum Gasteiger partial charge on any atom is 0.344 e. The van der Waals surface area contributed by atoms with Gasteiger partial charge in [-0.25, -0.2) is 0 Å². The molecule has 0 radical (unpaired) electrons. The molecule has 114 valence electrons. The molecule has 1 unspecified atom stereocenters. The normalized spacial score (nSPS) is 23.6. The van der Waals surface area contributed by atoms with E-state index in [1.807, 2.05) is 0 Å². The third kappa shape index (κ3) is 3.11. The number of nitrogens with one attached hydrogen (secondary N) is 2. The SMILES string of the molecule is NC1=NS(=O)(=O)Nc2cccc(OCC3CCCNC3)c21. The van der Waals surface area contributed by atoms with Crippen LogP contribution < -0.4 is 20.5 Å². The minimum atomic E-state index is -3.75.